The molecule has 0 atom stereocenters. The van der Waals surface area contributed by atoms with Crippen LogP contribution in [0, 0.1) is 0 Å². The molecule has 0 aliphatic carbocycles. The van der Waals surface area contributed by atoms with Crippen molar-refractivity contribution in [2.75, 3.05) is 45.8 Å². The van der Waals surface area contributed by atoms with Gasteiger partial charge in [-0.2, -0.15) is 0 Å². The Morgan fingerprint density at radius 1 is 1.23 bits per heavy atom. The molecule has 1 fully saturated rings. The van der Waals surface area contributed by atoms with E-state index < -0.39 is 10.0 Å². The smallest absolute Gasteiger partial charge is 0.250 e. The van der Waals surface area contributed by atoms with Gasteiger partial charge in [-0.1, -0.05) is 0 Å². The van der Waals surface area contributed by atoms with E-state index in [0.717, 1.165) is 44.0 Å². The predicted octanol–water partition coefficient (Wildman–Crippen LogP) is 0.844. The highest BCUT2D eigenvalue weighted by molar-refractivity contribution is 7.91. The third kappa shape index (κ3) is 8.98. The van der Waals surface area contributed by atoms with Crippen molar-refractivity contribution in [3.05, 3.63) is 17.0 Å². The number of carbonyl (C=O) groups excluding carboxylic acids is 1. The van der Waals surface area contributed by atoms with Crippen molar-refractivity contribution in [1.29, 1.82) is 0 Å². The van der Waals surface area contributed by atoms with Gasteiger partial charge in [0.1, 0.15) is 4.21 Å². The molecule has 1 aromatic rings. The second-order valence-corrected chi connectivity index (χ2v) is 8.96. The third-order valence-electron chi connectivity index (χ3n) is 3.80. The molecule has 11 heteroatoms. The molecule has 152 valence electrons. The summed E-state index contributed by atoms with van der Waals surface area (Å²) in [5.74, 6) is -0.0782. The summed E-state index contributed by atoms with van der Waals surface area (Å²) in [5, 5.41) is 6.01. The first-order chi connectivity index (χ1) is 11.5. The van der Waals surface area contributed by atoms with Crippen LogP contribution in [0.15, 0.2) is 16.3 Å². The fraction of sp³-hybridized carbons (Fsp3) is 0.667. The molecule has 7 nitrogen and oxygen atoms in total. The van der Waals surface area contributed by atoms with Gasteiger partial charge in [0, 0.05) is 51.1 Å². The summed E-state index contributed by atoms with van der Waals surface area (Å²) < 4.78 is 27.6. The number of halogens is 2. The Kier molecular flexibility index (Phi) is 12.7. The average molecular weight is 447 g/mol. The van der Waals surface area contributed by atoms with Gasteiger partial charge in [0.05, 0.1) is 0 Å². The molecule has 1 aliphatic heterocycles. The van der Waals surface area contributed by atoms with Crippen LogP contribution >= 0.6 is 36.2 Å². The molecule has 1 saturated heterocycles. The zero-order valence-electron chi connectivity index (χ0n) is 14.8. The lowest BCUT2D eigenvalue weighted by atomic mass is 10.3. The SMILES string of the molecule is CC(=O)NCCc1ccc(S(=O)(=O)NCCCN2CCNCC2)s1.Cl.Cl. The lowest BCUT2D eigenvalue weighted by Crippen LogP contribution is -2.44. The normalized spacial score (nSPS) is 15.0. The Morgan fingerprint density at radius 2 is 1.92 bits per heavy atom. The molecule has 0 saturated carbocycles. The van der Waals surface area contributed by atoms with Gasteiger partial charge in [0.15, 0.2) is 0 Å². The summed E-state index contributed by atoms with van der Waals surface area (Å²) in [5.41, 5.74) is 0. The van der Waals surface area contributed by atoms with Gasteiger partial charge >= 0.3 is 0 Å². The summed E-state index contributed by atoms with van der Waals surface area (Å²) in [6, 6.07) is 3.44. The summed E-state index contributed by atoms with van der Waals surface area (Å²) in [7, 11) is -3.43. The number of sulfonamides is 1. The molecule has 0 bridgehead atoms. The van der Waals surface area contributed by atoms with Crippen LogP contribution in [0.1, 0.15) is 18.2 Å². The number of hydrogen-bond acceptors (Lipinski definition) is 6. The fourth-order valence-corrected chi connectivity index (χ4v) is 4.99. The van der Waals surface area contributed by atoms with Crippen LogP contribution in [0.25, 0.3) is 0 Å². The van der Waals surface area contributed by atoms with Gasteiger partial charge in [-0.3, -0.25) is 4.79 Å². The van der Waals surface area contributed by atoms with Crippen molar-refractivity contribution in [1.82, 2.24) is 20.3 Å². The number of thiophene rings is 1. The molecule has 0 aromatic carbocycles. The first-order valence-electron chi connectivity index (χ1n) is 8.23. The highest BCUT2D eigenvalue weighted by Gasteiger charge is 2.16. The van der Waals surface area contributed by atoms with E-state index in [4.69, 9.17) is 0 Å². The molecule has 0 unspecified atom stereocenters. The summed E-state index contributed by atoms with van der Waals surface area (Å²) >= 11 is 1.26. The molecule has 1 aliphatic rings. The second kappa shape index (κ2) is 12.9. The number of rotatable bonds is 9. The van der Waals surface area contributed by atoms with Crippen LogP contribution in [0.4, 0.5) is 0 Å². The van der Waals surface area contributed by atoms with Gasteiger partial charge < -0.3 is 15.5 Å². The van der Waals surface area contributed by atoms with E-state index in [9.17, 15) is 13.2 Å². The van der Waals surface area contributed by atoms with Crippen molar-refractivity contribution in [2.45, 2.75) is 24.0 Å². The molecule has 3 N–H and O–H groups in total. The standard InChI is InChI=1S/C15H26N4O3S2.2ClH/c1-13(20)17-7-5-14-3-4-15(23-14)24(21,22)18-6-2-10-19-11-8-16-9-12-19;;/h3-4,16,18H,2,5-12H2,1H3,(H,17,20);2*1H. The third-order valence-corrected chi connectivity index (χ3v) is 6.90. The minimum absolute atomic E-state index is 0. The molecule has 1 amide bonds. The first kappa shape index (κ1) is 25.6. The fourth-order valence-electron chi connectivity index (χ4n) is 2.51. The Labute approximate surface area is 172 Å². The molecule has 0 spiro atoms. The van der Waals surface area contributed by atoms with Crippen LogP contribution in [-0.2, 0) is 21.2 Å². The highest BCUT2D eigenvalue weighted by atomic mass is 35.5. The average Bonchev–Trinajstić information content (AvgIpc) is 3.02. The topological polar surface area (TPSA) is 90.5 Å². The lowest BCUT2D eigenvalue weighted by molar-refractivity contribution is -0.118. The molecule has 2 heterocycles. The Bertz CT molecular complexity index is 635. The van der Waals surface area contributed by atoms with Gasteiger partial charge in [0.2, 0.25) is 15.9 Å². The molecule has 1 aromatic heterocycles. The maximum absolute atomic E-state index is 12.3. The van der Waals surface area contributed by atoms with Crippen molar-refractivity contribution in [2.24, 2.45) is 0 Å². The van der Waals surface area contributed by atoms with Crippen LogP contribution in [0.3, 0.4) is 0 Å². The van der Waals surface area contributed by atoms with Crippen LogP contribution in [-0.4, -0.2) is 65.0 Å². The Morgan fingerprint density at radius 3 is 2.58 bits per heavy atom. The summed E-state index contributed by atoms with van der Waals surface area (Å²) in [6.45, 7) is 7.40. The number of piperazine rings is 1. The van der Waals surface area contributed by atoms with E-state index in [-0.39, 0.29) is 30.7 Å². The first-order valence-corrected chi connectivity index (χ1v) is 10.5. The minimum Gasteiger partial charge on any atom is -0.356 e. The van der Waals surface area contributed by atoms with Crippen LogP contribution in [0.2, 0.25) is 0 Å². The number of carbonyl (C=O) groups is 1. The maximum Gasteiger partial charge on any atom is 0.250 e. The Hall–Kier alpha value is -0.420. The lowest BCUT2D eigenvalue weighted by Gasteiger charge is -2.26. The van der Waals surface area contributed by atoms with E-state index in [1.54, 1.807) is 6.07 Å². The number of amides is 1. The molecule has 2 rings (SSSR count). The van der Waals surface area contributed by atoms with Gasteiger partial charge in [-0.25, -0.2) is 13.1 Å². The summed E-state index contributed by atoms with van der Waals surface area (Å²) in [6.07, 6.45) is 1.45. The van der Waals surface area contributed by atoms with E-state index >= 15 is 0 Å². The van der Waals surface area contributed by atoms with Gasteiger partial charge in [0.25, 0.3) is 0 Å². The second-order valence-electron chi connectivity index (χ2n) is 5.80. The van der Waals surface area contributed by atoms with Gasteiger partial charge in [-0.05, 0) is 31.5 Å². The predicted molar refractivity (Wildman–Crippen MR) is 110 cm³/mol. The van der Waals surface area contributed by atoms with Crippen LogP contribution in [0.5, 0.6) is 0 Å². The van der Waals surface area contributed by atoms with E-state index in [0.29, 0.717) is 23.7 Å². The molecule has 0 radical (unpaired) electrons. The quantitative estimate of drug-likeness (QED) is 0.489. The highest BCUT2D eigenvalue weighted by Crippen LogP contribution is 2.21. The molecule has 26 heavy (non-hydrogen) atoms. The van der Waals surface area contributed by atoms with Crippen molar-refractivity contribution in [3.63, 3.8) is 0 Å². The number of hydrogen-bond donors (Lipinski definition) is 3. The monoisotopic (exact) mass is 446 g/mol. The molecular weight excluding hydrogens is 419 g/mol. The zero-order valence-corrected chi connectivity index (χ0v) is 18.1. The van der Waals surface area contributed by atoms with E-state index in [1.165, 1.54) is 18.3 Å². The van der Waals surface area contributed by atoms with E-state index in [1.807, 2.05) is 6.07 Å². The Balaban J connectivity index is 0.00000312. The minimum atomic E-state index is -3.43. The number of nitrogens with zero attached hydrogens (tertiary/aromatic N) is 1. The van der Waals surface area contributed by atoms with Crippen molar-refractivity contribution in [3.8, 4) is 0 Å². The largest absolute Gasteiger partial charge is 0.356 e. The zero-order chi connectivity index (χ0) is 17.4. The van der Waals surface area contributed by atoms with Crippen molar-refractivity contribution < 1.29 is 13.2 Å². The van der Waals surface area contributed by atoms with Gasteiger partial charge in [-0.15, -0.1) is 36.2 Å². The summed E-state index contributed by atoms with van der Waals surface area (Å²) in [4.78, 5) is 14.1. The maximum atomic E-state index is 12.3. The van der Waals surface area contributed by atoms with Crippen molar-refractivity contribution >= 4 is 52.1 Å². The number of nitrogens with one attached hydrogen (secondary N) is 3. The van der Waals surface area contributed by atoms with Crippen LogP contribution < -0.4 is 15.4 Å². The van der Waals surface area contributed by atoms with E-state index in [2.05, 4.69) is 20.3 Å². The molecular formula is C15H28Cl2N4O3S2.